The number of nitrogens with one attached hydrogen (secondary N) is 1. The topological polar surface area (TPSA) is 110 Å². The number of carboxylic acid groups (broad SMARTS) is 1. The number of carbonyl (C=O) groups is 2. The van der Waals surface area contributed by atoms with Gasteiger partial charge < -0.3 is 10.4 Å². The number of benzene rings is 1. The molecule has 0 atom stereocenters. The van der Waals surface area contributed by atoms with Crippen LogP contribution in [0.1, 0.15) is 49.5 Å². The van der Waals surface area contributed by atoms with E-state index in [1.807, 2.05) is 0 Å². The van der Waals surface area contributed by atoms with E-state index in [1.54, 1.807) is 26.8 Å². The van der Waals surface area contributed by atoms with E-state index < -0.39 is 22.2 Å². The van der Waals surface area contributed by atoms with Gasteiger partial charge in [-0.2, -0.15) is 0 Å². The van der Waals surface area contributed by atoms with E-state index in [2.05, 4.69) is 5.32 Å². The van der Waals surface area contributed by atoms with Gasteiger partial charge in [-0.25, -0.2) is 0 Å². The second-order valence-electron chi connectivity index (χ2n) is 5.43. The quantitative estimate of drug-likeness (QED) is 0.565. The predicted molar refractivity (Wildman–Crippen MR) is 85.5 cm³/mol. The normalized spacial score (nSPS) is 11.1. The highest BCUT2D eigenvalue weighted by Crippen LogP contribution is 2.26. The molecule has 7 heteroatoms. The van der Waals surface area contributed by atoms with Gasteiger partial charge in [0.1, 0.15) is 0 Å². The second-order valence-corrected chi connectivity index (χ2v) is 5.43. The highest BCUT2D eigenvalue weighted by Gasteiger charge is 2.35. The van der Waals surface area contributed by atoms with Crippen LogP contribution in [0.15, 0.2) is 18.2 Å². The van der Waals surface area contributed by atoms with Crippen molar-refractivity contribution in [2.45, 2.75) is 40.0 Å². The van der Waals surface area contributed by atoms with Crippen molar-refractivity contribution in [3.05, 3.63) is 39.4 Å². The van der Waals surface area contributed by atoms with E-state index in [0.717, 1.165) is 0 Å². The standard InChI is InChI=1S/C16H22N2O5/c1-4-11-7-8-12(9-13(11)18(22)23)14(19)17-10-16(5-2,6-3)15(20)21/h7-9H,4-6,10H2,1-3H3,(H,17,19)(H,20,21). The van der Waals surface area contributed by atoms with Gasteiger partial charge in [0.25, 0.3) is 11.6 Å². The van der Waals surface area contributed by atoms with Crippen LogP contribution in [0, 0.1) is 15.5 Å². The third-order valence-corrected chi connectivity index (χ3v) is 4.32. The van der Waals surface area contributed by atoms with Gasteiger partial charge in [-0.1, -0.05) is 26.8 Å². The fourth-order valence-electron chi connectivity index (χ4n) is 2.40. The van der Waals surface area contributed by atoms with Gasteiger partial charge in [0, 0.05) is 23.7 Å². The Morgan fingerprint density at radius 1 is 1.26 bits per heavy atom. The molecule has 0 fully saturated rings. The Morgan fingerprint density at radius 3 is 2.30 bits per heavy atom. The molecule has 0 aliphatic rings. The average Bonchev–Trinajstić information content (AvgIpc) is 2.54. The maximum Gasteiger partial charge on any atom is 0.311 e. The molecule has 0 aliphatic heterocycles. The molecule has 2 N–H and O–H groups in total. The van der Waals surface area contributed by atoms with Gasteiger partial charge in [0.05, 0.1) is 10.3 Å². The van der Waals surface area contributed by atoms with Crippen LogP contribution in [0.4, 0.5) is 5.69 Å². The van der Waals surface area contributed by atoms with Gasteiger partial charge in [-0.3, -0.25) is 19.7 Å². The van der Waals surface area contributed by atoms with Crippen molar-refractivity contribution in [3.8, 4) is 0 Å². The molecule has 1 aromatic rings. The number of carboxylic acids is 1. The molecule has 7 nitrogen and oxygen atoms in total. The van der Waals surface area contributed by atoms with Crippen LogP contribution < -0.4 is 5.32 Å². The Hall–Kier alpha value is -2.44. The van der Waals surface area contributed by atoms with Crippen LogP contribution in [0.2, 0.25) is 0 Å². The molecule has 0 spiro atoms. The molecule has 1 rings (SSSR count). The number of hydrogen-bond acceptors (Lipinski definition) is 4. The van der Waals surface area contributed by atoms with Gasteiger partial charge in [0.15, 0.2) is 0 Å². The monoisotopic (exact) mass is 322 g/mol. The molecule has 0 bridgehead atoms. The van der Waals surface area contributed by atoms with Crippen LogP contribution in [0.3, 0.4) is 0 Å². The molecule has 0 unspecified atom stereocenters. The highest BCUT2D eigenvalue weighted by atomic mass is 16.6. The van der Waals surface area contributed by atoms with Crippen molar-refractivity contribution < 1.29 is 19.6 Å². The van der Waals surface area contributed by atoms with Crippen molar-refractivity contribution in [2.75, 3.05) is 6.54 Å². The second kappa shape index (κ2) is 7.71. The number of hydrogen-bond donors (Lipinski definition) is 2. The van der Waals surface area contributed by atoms with E-state index in [9.17, 15) is 24.8 Å². The molecule has 1 amide bonds. The summed E-state index contributed by atoms with van der Waals surface area (Å²) in [5, 5.41) is 23.0. The first-order valence-electron chi connectivity index (χ1n) is 7.60. The summed E-state index contributed by atoms with van der Waals surface area (Å²) < 4.78 is 0. The van der Waals surface area contributed by atoms with E-state index in [0.29, 0.717) is 24.8 Å². The molecule has 0 heterocycles. The lowest BCUT2D eigenvalue weighted by molar-refractivity contribution is -0.385. The summed E-state index contributed by atoms with van der Waals surface area (Å²) in [6.07, 6.45) is 1.26. The molecule has 0 aromatic heterocycles. The third-order valence-electron chi connectivity index (χ3n) is 4.32. The van der Waals surface area contributed by atoms with Crippen LogP contribution >= 0.6 is 0 Å². The fourth-order valence-corrected chi connectivity index (χ4v) is 2.40. The molecular weight excluding hydrogens is 300 g/mol. The summed E-state index contributed by atoms with van der Waals surface area (Å²) in [5.41, 5.74) is -0.421. The summed E-state index contributed by atoms with van der Waals surface area (Å²) in [7, 11) is 0. The van der Waals surface area contributed by atoms with Gasteiger partial charge in [-0.05, 0) is 25.3 Å². The average molecular weight is 322 g/mol. The molecule has 0 saturated heterocycles. The lowest BCUT2D eigenvalue weighted by Crippen LogP contribution is -2.42. The molecular formula is C16H22N2O5. The van der Waals surface area contributed by atoms with E-state index in [-0.39, 0.29) is 17.8 Å². The Labute approximate surface area is 134 Å². The van der Waals surface area contributed by atoms with E-state index in [4.69, 9.17) is 0 Å². The summed E-state index contributed by atoms with van der Waals surface area (Å²) in [5.74, 6) is -1.47. The zero-order chi connectivity index (χ0) is 17.6. The fraction of sp³-hybridized carbons (Fsp3) is 0.500. The molecule has 1 aromatic carbocycles. The molecule has 0 radical (unpaired) electrons. The predicted octanol–water partition coefficient (Wildman–Crippen LogP) is 2.78. The van der Waals surface area contributed by atoms with Gasteiger partial charge in [0.2, 0.25) is 0 Å². The number of carbonyl (C=O) groups excluding carboxylic acids is 1. The number of amides is 1. The van der Waals surface area contributed by atoms with Crippen LogP contribution in [0.5, 0.6) is 0 Å². The van der Waals surface area contributed by atoms with Crippen molar-refractivity contribution in [3.63, 3.8) is 0 Å². The minimum absolute atomic E-state index is 0.0164. The van der Waals surface area contributed by atoms with Gasteiger partial charge in [-0.15, -0.1) is 0 Å². The highest BCUT2D eigenvalue weighted by molar-refractivity contribution is 5.95. The zero-order valence-corrected chi connectivity index (χ0v) is 13.6. The molecule has 0 saturated carbocycles. The summed E-state index contributed by atoms with van der Waals surface area (Å²) in [4.78, 5) is 34.1. The summed E-state index contributed by atoms with van der Waals surface area (Å²) in [6.45, 7) is 5.29. The number of aliphatic carboxylic acids is 1. The molecule has 23 heavy (non-hydrogen) atoms. The van der Waals surface area contributed by atoms with Crippen LogP contribution in [0.25, 0.3) is 0 Å². The third kappa shape index (κ3) is 4.06. The largest absolute Gasteiger partial charge is 0.481 e. The first-order chi connectivity index (χ1) is 10.8. The summed E-state index contributed by atoms with van der Waals surface area (Å²) >= 11 is 0. The minimum atomic E-state index is -1.02. The van der Waals surface area contributed by atoms with E-state index >= 15 is 0 Å². The number of rotatable bonds is 8. The SMILES string of the molecule is CCc1ccc(C(=O)NCC(CC)(CC)C(=O)O)cc1[N+](=O)[O-]. The Balaban J connectivity index is 2.96. The van der Waals surface area contributed by atoms with Gasteiger partial charge >= 0.3 is 5.97 Å². The molecule has 0 aliphatic carbocycles. The lowest BCUT2D eigenvalue weighted by Gasteiger charge is -2.26. The van der Waals surface area contributed by atoms with Crippen molar-refractivity contribution in [2.24, 2.45) is 5.41 Å². The smallest absolute Gasteiger partial charge is 0.311 e. The number of nitro groups is 1. The maximum atomic E-state index is 12.2. The Kier molecular flexibility index (Phi) is 6.24. The Morgan fingerprint density at radius 2 is 1.87 bits per heavy atom. The minimum Gasteiger partial charge on any atom is -0.481 e. The zero-order valence-electron chi connectivity index (χ0n) is 13.6. The first kappa shape index (κ1) is 18.6. The lowest BCUT2D eigenvalue weighted by atomic mass is 9.82. The van der Waals surface area contributed by atoms with Crippen molar-refractivity contribution >= 4 is 17.6 Å². The van der Waals surface area contributed by atoms with Crippen LogP contribution in [-0.2, 0) is 11.2 Å². The number of nitrogens with zero attached hydrogens (tertiary/aromatic N) is 1. The van der Waals surface area contributed by atoms with E-state index in [1.165, 1.54) is 12.1 Å². The number of aryl methyl sites for hydroxylation is 1. The maximum absolute atomic E-state index is 12.2. The summed E-state index contributed by atoms with van der Waals surface area (Å²) in [6, 6.07) is 4.30. The molecule has 126 valence electrons. The van der Waals surface area contributed by atoms with Crippen molar-refractivity contribution in [1.82, 2.24) is 5.32 Å². The first-order valence-corrected chi connectivity index (χ1v) is 7.60. The Bertz CT molecular complexity index is 608. The van der Waals surface area contributed by atoms with Crippen molar-refractivity contribution in [1.29, 1.82) is 0 Å². The number of nitro benzene ring substituents is 1. The van der Waals surface area contributed by atoms with Crippen LogP contribution in [-0.4, -0.2) is 28.5 Å².